The van der Waals surface area contributed by atoms with Gasteiger partial charge in [-0.2, -0.15) is 4.98 Å². The highest BCUT2D eigenvalue weighted by Gasteiger charge is 2.45. The van der Waals surface area contributed by atoms with E-state index in [9.17, 15) is 27.6 Å². The molecule has 310 valence electrons. The molecule has 1 aromatic heterocycles. The lowest BCUT2D eigenvalue weighted by Gasteiger charge is -2.33. The second kappa shape index (κ2) is 16.7. The third-order valence-corrected chi connectivity index (χ3v) is 13.3. The zero-order valence-electron chi connectivity index (χ0n) is 33.3. The number of carbonyl (C=O) groups is 4. The molecule has 1 atom stereocenters. The van der Waals surface area contributed by atoms with Crippen molar-refractivity contribution in [3.05, 3.63) is 93.4 Å². The van der Waals surface area contributed by atoms with Crippen LogP contribution in [0.25, 0.3) is 0 Å². The van der Waals surface area contributed by atoms with Gasteiger partial charge < -0.3 is 15.4 Å². The SMILES string of the molecule is Cc1cc(Nc2ncc(Cl)c(Nc3ccccc3S(=O)(=O)C(C)C)n2)c(OC(C)C)cc1C1CCN(Cc2cc3c(cc2F)C(=O)N(C2CCC(=O)NC2=O)C3=O)CC1. The van der Waals surface area contributed by atoms with Crippen molar-refractivity contribution in [2.45, 2.75) is 95.1 Å². The molecule has 0 saturated carbocycles. The van der Waals surface area contributed by atoms with Crippen molar-refractivity contribution in [1.29, 1.82) is 0 Å². The maximum absolute atomic E-state index is 15.5. The van der Waals surface area contributed by atoms with E-state index in [4.69, 9.17) is 16.3 Å². The Balaban J connectivity index is 1.05. The summed E-state index contributed by atoms with van der Waals surface area (Å²) in [6, 6.07) is 11.9. The van der Waals surface area contributed by atoms with Crippen LogP contribution < -0.4 is 20.7 Å². The molecule has 59 heavy (non-hydrogen) atoms. The Labute approximate surface area is 346 Å². The zero-order chi connectivity index (χ0) is 42.3. The third-order valence-electron chi connectivity index (χ3n) is 10.8. The second-order valence-corrected chi connectivity index (χ2v) is 18.5. The number of hydrogen-bond acceptors (Lipinski definition) is 12. The molecule has 0 spiro atoms. The number of benzene rings is 3. The van der Waals surface area contributed by atoms with E-state index in [0.717, 1.165) is 34.9 Å². The lowest BCUT2D eigenvalue weighted by Crippen LogP contribution is -2.54. The highest BCUT2D eigenvalue weighted by Crippen LogP contribution is 2.39. The number of aromatic nitrogens is 2. The maximum Gasteiger partial charge on any atom is 0.262 e. The Bertz CT molecular complexity index is 2470. The number of sulfone groups is 1. The van der Waals surface area contributed by atoms with Crippen LogP contribution in [-0.2, 0) is 26.0 Å². The minimum Gasteiger partial charge on any atom is -0.489 e. The molecule has 3 aromatic carbocycles. The van der Waals surface area contributed by atoms with Gasteiger partial charge in [0.1, 0.15) is 22.6 Å². The fourth-order valence-corrected chi connectivity index (χ4v) is 9.07. The summed E-state index contributed by atoms with van der Waals surface area (Å²) in [5.74, 6) is -2.02. The number of nitrogens with zero attached hydrogens (tertiary/aromatic N) is 4. The first-order chi connectivity index (χ1) is 28.0. The van der Waals surface area contributed by atoms with Crippen LogP contribution in [-0.4, -0.2) is 82.3 Å². The number of piperidine rings is 2. The van der Waals surface area contributed by atoms with Crippen molar-refractivity contribution in [2.24, 2.45) is 0 Å². The molecular formula is C42H45ClFN7O7S. The van der Waals surface area contributed by atoms with E-state index in [1.165, 1.54) is 18.3 Å². The summed E-state index contributed by atoms with van der Waals surface area (Å²) in [6.45, 7) is 10.6. The number of fused-ring (bicyclic) bond motifs is 1. The van der Waals surface area contributed by atoms with Crippen LogP contribution in [0, 0.1) is 12.7 Å². The molecule has 0 radical (unpaired) electrons. The molecule has 7 rings (SSSR count). The van der Waals surface area contributed by atoms with E-state index in [2.05, 4.69) is 30.8 Å². The quantitative estimate of drug-likeness (QED) is 0.127. The highest BCUT2D eigenvalue weighted by molar-refractivity contribution is 7.92. The summed E-state index contributed by atoms with van der Waals surface area (Å²) < 4.78 is 47.9. The number of imide groups is 2. The van der Waals surface area contributed by atoms with Crippen molar-refractivity contribution < 1.29 is 36.7 Å². The predicted molar refractivity (Wildman–Crippen MR) is 220 cm³/mol. The molecule has 4 aromatic rings. The van der Waals surface area contributed by atoms with Gasteiger partial charge >= 0.3 is 0 Å². The zero-order valence-corrected chi connectivity index (χ0v) is 34.8. The molecule has 0 bridgehead atoms. The first kappa shape index (κ1) is 41.7. The number of carbonyl (C=O) groups excluding carboxylic acids is 4. The van der Waals surface area contributed by atoms with Crippen LogP contribution in [0.15, 0.2) is 59.6 Å². The molecule has 2 saturated heterocycles. The molecule has 4 heterocycles. The smallest absolute Gasteiger partial charge is 0.262 e. The molecule has 4 amide bonds. The van der Waals surface area contributed by atoms with Gasteiger partial charge in [-0.1, -0.05) is 23.7 Å². The molecule has 1 unspecified atom stereocenters. The van der Waals surface area contributed by atoms with E-state index in [1.807, 2.05) is 32.9 Å². The summed E-state index contributed by atoms with van der Waals surface area (Å²) >= 11 is 6.49. The molecule has 3 aliphatic rings. The Morgan fingerprint density at radius 3 is 2.32 bits per heavy atom. The molecule has 17 heteroatoms. The summed E-state index contributed by atoms with van der Waals surface area (Å²) in [5.41, 5.74) is 3.32. The monoisotopic (exact) mass is 845 g/mol. The Morgan fingerprint density at radius 2 is 1.64 bits per heavy atom. The minimum atomic E-state index is -3.61. The predicted octanol–water partition coefficient (Wildman–Crippen LogP) is 6.81. The Morgan fingerprint density at radius 1 is 0.949 bits per heavy atom. The molecule has 2 fully saturated rings. The standard InChI is InChI=1S/C42H45ClFN7O7S/c1-22(2)58-35-19-27(24(5)16-33(35)47-42-45-20-30(43)38(49-42)46-32-8-6-7-9-36(32)59(56,57)23(3)4)25-12-14-50(15-13-25)21-26-17-28-29(18-31(26)44)41(55)51(40(28)54)34-10-11-37(52)48-39(34)53/h6-9,16-20,22-23,25,34H,10-15,21H2,1-5H3,(H,48,52,53)(H2,45,46,47,49). The first-order valence-corrected chi connectivity index (χ1v) is 21.4. The van der Waals surface area contributed by atoms with Crippen LogP contribution >= 0.6 is 11.6 Å². The normalized spacial score (nSPS) is 17.8. The molecule has 3 N–H and O–H groups in total. The number of halogens is 2. The molecule has 0 aliphatic carbocycles. The average molecular weight is 846 g/mol. The van der Waals surface area contributed by atoms with Gasteiger partial charge in [-0.25, -0.2) is 17.8 Å². The maximum atomic E-state index is 15.5. The van der Waals surface area contributed by atoms with Gasteiger partial charge in [-0.15, -0.1) is 0 Å². The first-order valence-electron chi connectivity index (χ1n) is 19.5. The summed E-state index contributed by atoms with van der Waals surface area (Å²) in [5, 5.41) is 8.08. The van der Waals surface area contributed by atoms with Crippen LogP contribution in [0.5, 0.6) is 5.75 Å². The minimum absolute atomic E-state index is 0.00337. The van der Waals surface area contributed by atoms with Gasteiger partial charge in [0.05, 0.1) is 44.9 Å². The van der Waals surface area contributed by atoms with E-state index in [-0.39, 0.29) is 69.8 Å². The number of ether oxygens (including phenoxy) is 1. The third kappa shape index (κ3) is 8.52. The number of para-hydroxylation sites is 1. The van der Waals surface area contributed by atoms with Crippen LogP contribution in [0.2, 0.25) is 5.02 Å². The summed E-state index contributed by atoms with van der Waals surface area (Å²) in [4.78, 5) is 62.6. The molecular weight excluding hydrogens is 801 g/mol. The van der Waals surface area contributed by atoms with Crippen molar-refractivity contribution >= 4 is 68.2 Å². The Kier molecular flexibility index (Phi) is 11.8. The second-order valence-electron chi connectivity index (χ2n) is 15.6. The van der Waals surface area contributed by atoms with Crippen LogP contribution in [0.3, 0.4) is 0 Å². The van der Waals surface area contributed by atoms with Gasteiger partial charge in [0.2, 0.25) is 17.8 Å². The number of aryl methyl sites for hydroxylation is 1. The number of rotatable bonds is 12. The van der Waals surface area contributed by atoms with Crippen molar-refractivity contribution in [2.75, 3.05) is 23.7 Å². The summed E-state index contributed by atoms with van der Waals surface area (Å²) in [7, 11) is -3.61. The largest absolute Gasteiger partial charge is 0.489 e. The molecule has 3 aliphatic heterocycles. The number of anilines is 4. The van der Waals surface area contributed by atoms with Gasteiger partial charge in [-0.05, 0) is 120 Å². The van der Waals surface area contributed by atoms with Crippen LogP contribution in [0.1, 0.15) is 96.7 Å². The van der Waals surface area contributed by atoms with Gasteiger partial charge in [0.15, 0.2) is 15.7 Å². The lowest BCUT2D eigenvalue weighted by molar-refractivity contribution is -0.136. The van der Waals surface area contributed by atoms with E-state index in [1.54, 1.807) is 32.0 Å². The summed E-state index contributed by atoms with van der Waals surface area (Å²) in [6.07, 6.45) is 2.83. The van der Waals surface area contributed by atoms with Crippen molar-refractivity contribution in [3.8, 4) is 5.75 Å². The van der Waals surface area contributed by atoms with Crippen LogP contribution in [0.4, 0.5) is 27.5 Å². The number of nitrogens with one attached hydrogen (secondary N) is 3. The van der Waals surface area contributed by atoms with E-state index in [0.29, 0.717) is 30.2 Å². The number of likely N-dealkylation sites (tertiary alicyclic amines) is 1. The fraction of sp³-hybridized carbons (Fsp3) is 0.381. The van der Waals surface area contributed by atoms with Crippen molar-refractivity contribution in [1.82, 2.24) is 25.1 Å². The average Bonchev–Trinajstić information content (AvgIpc) is 3.41. The van der Waals surface area contributed by atoms with Crippen molar-refractivity contribution in [3.63, 3.8) is 0 Å². The highest BCUT2D eigenvalue weighted by atomic mass is 35.5. The van der Waals surface area contributed by atoms with Gasteiger partial charge in [-0.3, -0.25) is 34.3 Å². The van der Waals surface area contributed by atoms with E-state index < -0.39 is 50.6 Å². The number of hydrogen-bond donors (Lipinski definition) is 3. The Hall–Kier alpha value is -5.45. The molecule has 14 nitrogen and oxygen atoms in total. The fourth-order valence-electron chi connectivity index (χ4n) is 7.73. The lowest BCUT2D eigenvalue weighted by atomic mass is 9.86. The van der Waals surface area contributed by atoms with E-state index >= 15 is 4.39 Å². The topological polar surface area (TPSA) is 180 Å². The van der Waals surface area contributed by atoms with Gasteiger partial charge in [0.25, 0.3) is 11.8 Å². The van der Waals surface area contributed by atoms with Gasteiger partial charge in [0, 0.05) is 18.5 Å². The number of amides is 4.